The average molecular weight is 343 g/mol. The van der Waals surface area contributed by atoms with Gasteiger partial charge in [-0.3, -0.25) is 0 Å². The van der Waals surface area contributed by atoms with Crippen molar-refractivity contribution in [3.05, 3.63) is 78.1 Å². The van der Waals surface area contributed by atoms with E-state index < -0.39 is 0 Å². The van der Waals surface area contributed by atoms with Gasteiger partial charge in [-0.25, -0.2) is 9.50 Å². The van der Waals surface area contributed by atoms with E-state index in [0.717, 1.165) is 34.2 Å². The lowest BCUT2D eigenvalue weighted by Gasteiger charge is -2.19. The smallest absolute Gasteiger partial charge is 0.162 e. The molecule has 5 nitrogen and oxygen atoms in total. The van der Waals surface area contributed by atoms with E-state index in [9.17, 15) is 0 Å². The molecule has 0 radical (unpaired) electrons. The van der Waals surface area contributed by atoms with Crippen LogP contribution in [0.1, 0.15) is 11.4 Å². The van der Waals surface area contributed by atoms with Gasteiger partial charge in [0.15, 0.2) is 23.0 Å². The Morgan fingerprint density at radius 3 is 2.58 bits per heavy atom. The van der Waals surface area contributed by atoms with Gasteiger partial charge in [0.05, 0.1) is 5.69 Å². The van der Waals surface area contributed by atoms with Gasteiger partial charge in [0.25, 0.3) is 0 Å². The summed E-state index contributed by atoms with van der Waals surface area (Å²) in [6, 6.07) is 22.3. The Balaban J connectivity index is 1.56. The Labute approximate surface area is 150 Å². The van der Waals surface area contributed by atoms with Crippen molar-refractivity contribution >= 4 is 5.65 Å². The van der Waals surface area contributed by atoms with E-state index in [4.69, 9.17) is 14.6 Å². The van der Waals surface area contributed by atoms with Crippen LogP contribution >= 0.6 is 0 Å². The van der Waals surface area contributed by atoms with Gasteiger partial charge in [-0.15, -0.1) is 0 Å². The van der Waals surface area contributed by atoms with Crippen LogP contribution in [0.25, 0.3) is 16.9 Å². The second-order valence-electron chi connectivity index (χ2n) is 6.23. The van der Waals surface area contributed by atoms with Crippen molar-refractivity contribution < 1.29 is 9.47 Å². The van der Waals surface area contributed by atoms with Gasteiger partial charge in [-0.1, -0.05) is 36.4 Å². The Kier molecular flexibility index (Phi) is 3.56. The monoisotopic (exact) mass is 343 g/mol. The lowest BCUT2D eigenvalue weighted by molar-refractivity contribution is 0.171. The zero-order valence-electron chi connectivity index (χ0n) is 14.1. The molecule has 128 valence electrons. The van der Waals surface area contributed by atoms with Crippen LogP contribution in [0, 0.1) is 0 Å². The highest BCUT2D eigenvalue weighted by atomic mass is 16.6. The van der Waals surface area contributed by atoms with Gasteiger partial charge in [-0.05, 0) is 35.9 Å². The highest BCUT2D eigenvalue weighted by molar-refractivity contribution is 5.66. The minimum absolute atomic E-state index is 0.575. The summed E-state index contributed by atoms with van der Waals surface area (Å²) >= 11 is 0. The van der Waals surface area contributed by atoms with Crippen LogP contribution in [0.2, 0.25) is 0 Å². The van der Waals surface area contributed by atoms with Crippen molar-refractivity contribution in [2.24, 2.45) is 0 Å². The first-order valence-corrected chi connectivity index (χ1v) is 8.65. The lowest BCUT2D eigenvalue weighted by atomic mass is 10.1. The van der Waals surface area contributed by atoms with Gasteiger partial charge in [-0.2, -0.15) is 5.10 Å². The molecule has 2 aromatic heterocycles. The van der Waals surface area contributed by atoms with Crippen molar-refractivity contribution in [2.75, 3.05) is 13.2 Å². The number of rotatable bonds is 3. The van der Waals surface area contributed by atoms with Crippen molar-refractivity contribution in [3.8, 4) is 22.8 Å². The molecule has 1 aliphatic rings. The molecule has 0 unspecified atom stereocenters. The molecule has 0 amide bonds. The predicted octanol–water partition coefficient (Wildman–Crippen LogP) is 3.76. The van der Waals surface area contributed by atoms with Crippen LogP contribution in [0.4, 0.5) is 0 Å². The van der Waals surface area contributed by atoms with E-state index in [2.05, 4.69) is 17.1 Å². The Hall–Kier alpha value is -3.34. The topological polar surface area (TPSA) is 48.7 Å². The number of hydrogen-bond acceptors (Lipinski definition) is 4. The minimum Gasteiger partial charge on any atom is -0.486 e. The maximum atomic E-state index is 5.71. The fourth-order valence-corrected chi connectivity index (χ4v) is 3.22. The molecule has 0 N–H and O–H groups in total. The normalized spacial score (nSPS) is 13.1. The molecule has 0 spiro atoms. The van der Waals surface area contributed by atoms with E-state index in [1.54, 1.807) is 0 Å². The van der Waals surface area contributed by atoms with Crippen molar-refractivity contribution in [3.63, 3.8) is 0 Å². The summed E-state index contributed by atoms with van der Waals surface area (Å²) in [4.78, 5) is 4.68. The summed E-state index contributed by atoms with van der Waals surface area (Å²) in [5, 5.41) is 4.73. The molecule has 26 heavy (non-hydrogen) atoms. The van der Waals surface area contributed by atoms with Crippen molar-refractivity contribution in [1.29, 1.82) is 0 Å². The summed E-state index contributed by atoms with van der Waals surface area (Å²) in [5.74, 6) is 2.37. The predicted molar refractivity (Wildman–Crippen MR) is 98.7 cm³/mol. The van der Waals surface area contributed by atoms with E-state index in [1.807, 2.05) is 59.1 Å². The van der Waals surface area contributed by atoms with Gasteiger partial charge in [0, 0.05) is 12.0 Å². The van der Waals surface area contributed by atoms with Crippen LogP contribution in [-0.4, -0.2) is 27.8 Å². The highest BCUT2D eigenvalue weighted by Crippen LogP contribution is 2.34. The number of nitrogens with zero attached hydrogens (tertiary/aromatic N) is 3. The standard InChI is InChI=1S/C21H17N3O2/c1-2-5-15(6-3-1)13-20-22-21-8-4-7-17(24(21)23-20)16-9-10-18-19(14-16)26-12-11-25-18/h1-10,14H,11-13H2. The molecule has 0 aliphatic carbocycles. The number of fused-ring (bicyclic) bond motifs is 2. The second-order valence-corrected chi connectivity index (χ2v) is 6.23. The first-order valence-electron chi connectivity index (χ1n) is 8.65. The molecule has 2 aromatic carbocycles. The maximum Gasteiger partial charge on any atom is 0.162 e. The molecular formula is C21H17N3O2. The zero-order chi connectivity index (χ0) is 17.3. The third-order valence-electron chi connectivity index (χ3n) is 4.45. The molecule has 0 fully saturated rings. The number of pyridine rings is 1. The zero-order valence-corrected chi connectivity index (χ0v) is 14.1. The van der Waals surface area contributed by atoms with E-state index in [-0.39, 0.29) is 0 Å². The number of aromatic nitrogens is 3. The van der Waals surface area contributed by atoms with Crippen LogP contribution in [-0.2, 0) is 6.42 Å². The molecule has 0 saturated carbocycles. The molecule has 3 heterocycles. The molecule has 1 aliphatic heterocycles. The number of hydrogen-bond donors (Lipinski definition) is 0. The lowest BCUT2D eigenvalue weighted by Crippen LogP contribution is -2.15. The van der Waals surface area contributed by atoms with E-state index >= 15 is 0 Å². The molecule has 0 bridgehead atoms. The SMILES string of the molecule is c1ccc(Cc2nc3cccc(-c4ccc5c(c4)OCCO5)n3n2)cc1. The fraction of sp³-hybridized carbons (Fsp3) is 0.143. The van der Waals surface area contributed by atoms with Crippen LogP contribution in [0.5, 0.6) is 11.5 Å². The van der Waals surface area contributed by atoms with Gasteiger partial charge >= 0.3 is 0 Å². The first kappa shape index (κ1) is 15.0. The Bertz CT molecular complexity index is 1070. The third-order valence-corrected chi connectivity index (χ3v) is 4.45. The summed E-state index contributed by atoms with van der Waals surface area (Å²) in [7, 11) is 0. The average Bonchev–Trinajstić information content (AvgIpc) is 3.11. The summed E-state index contributed by atoms with van der Waals surface area (Å²) < 4.78 is 13.2. The number of benzene rings is 2. The molecular weight excluding hydrogens is 326 g/mol. The Morgan fingerprint density at radius 2 is 1.69 bits per heavy atom. The van der Waals surface area contributed by atoms with E-state index in [1.165, 1.54) is 5.56 Å². The minimum atomic E-state index is 0.575. The second kappa shape index (κ2) is 6.19. The Morgan fingerprint density at radius 1 is 0.846 bits per heavy atom. The summed E-state index contributed by atoms with van der Waals surface area (Å²) in [5.41, 5.74) is 4.04. The molecule has 5 rings (SSSR count). The molecule has 5 heteroatoms. The van der Waals surface area contributed by atoms with Crippen LogP contribution < -0.4 is 9.47 Å². The number of ether oxygens (including phenoxy) is 2. The van der Waals surface area contributed by atoms with Crippen LogP contribution in [0.3, 0.4) is 0 Å². The quantitative estimate of drug-likeness (QED) is 0.568. The van der Waals surface area contributed by atoms with Gasteiger partial charge < -0.3 is 9.47 Å². The van der Waals surface area contributed by atoms with Crippen molar-refractivity contribution in [1.82, 2.24) is 14.6 Å². The summed E-state index contributed by atoms with van der Waals surface area (Å²) in [6.45, 7) is 1.17. The fourth-order valence-electron chi connectivity index (χ4n) is 3.22. The maximum absolute atomic E-state index is 5.71. The largest absolute Gasteiger partial charge is 0.486 e. The molecule has 0 atom stereocenters. The van der Waals surface area contributed by atoms with Crippen molar-refractivity contribution in [2.45, 2.75) is 6.42 Å². The highest BCUT2D eigenvalue weighted by Gasteiger charge is 2.15. The van der Waals surface area contributed by atoms with Gasteiger partial charge in [0.2, 0.25) is 0 Å². The van der Waals surface area contributed by atoms with Gasteiger partial charge in [0.1, 0.15) is 13.2 Å². The molecule has 4 aromatic rings. The summed E-state index contributed by atoms with van der Waals surface area (Å²) in [6.07, 6.45) is 0.711. The third kappa shape index (κ3) is 2.67. The van der Waals surface area contributed by atoms with Crippen LogP contribution in [0.15, 0.2) is 66.7 Å². The first-order chi connectivity index (χ1) is 12.9. The van der Waals surface area contributed by atoms with E-state index in [0.29, 0.717) is 19.6 Å². The molecule has 0 saturated heterocycles.